The van der Waals surface area contributed by atoms with Crippen LogP contribution in [-0.4, -0.2) is 42.5 Å². The number of nitrogens with one attached hydrogen (secondary N) is 2. The summed E-state index contributed by atoms with van der Waals surface area (Å²) in [6.07, 6.45) is 3.31. The zero-order valence-corrected chi connectivity index (χ0v) is 24.0. The number of ether oxygens (including phenoxy) is 2. The van der Waals surface area contributed by atoms with Crippen LogP contribution in [-0.2, 0) is 29.2 Å². The van der Waals surface area contributed by atoms with E-state index in [0.717, 1.165) is 47.3 Å². The fourth-order valence-electron chi connectivity index (χ4n) is 4.90. The Morgan fingerprint density at radius 2 is 1.78 bits per heavy atom. The first-order chi connectivity index (χ1) is 19.9. The summed E-state index contributed by atoms with van der Waals surface area (Å²) < 4.78 is 25.0. The summed E-state index contributed by atoms with van der Waals surface area (Å²) in [4.78, 5) is 28.0. The number of hydrogen-bond acceptors (Lipinski definition) is 5. The quantitative estimate of drug-likeness (QED) is 0.297. The van der Waals surface area contributed by atoms with Gasteiger partial charge in [-0.05, 0) is 85.2 Å². The number of halogens is 1. The van der Waals surface area contributed by atoms with Gasteiger partial charge in [0, 0.05) is 26.2 Å². The minimum absolute atomic E-state index is 0.120. The Morgan fingerprint density at radius 3 is 2.54 bits per heavy atom. The Labute approximate surface area is 242 Å². The molecule has 4 rings (SSSR count). The van der Waals surface area contributed by atoms with Crippen molar-refractivity contribution in [2.75, 3.05) is 19.8 Å². The molecular weight excluding hydrogens is 521 g/mol. The predicted octanol–water partition coefficient (Wildman–Crippen LogP) is 5.29. The van der Waals surface area contributed by atoms with E-state index in [-0.39, 0.29) is 24.2 Å². The summed E-state index contributed by atoms with van der Waals surface area (Å²) in [6.45, 7) is 6.64. The molecule has 218 valence electrons. The molecular formula is C33H40FN3O4. The van der Waals surface area contributed by atoms with E-state index < -0.39 is 6.04 Å². The molecule has 2 N–H and O–H groups in total. The monoisotopic (exact) mass is 561 g/mol. The van der Waals surface area contributed by atoms with Gasteiger partial charge in [0.1, 0.15) is 23.4 Å². The highest BCUT2D eigenvalue weighted by Crippen LogP contribution is 2.23. The highest BCUT2D eigenvalue weighted by atomic mass is 19.1. The van der Waals surface area contributed by atoms with Gasteiger partial charge >= 0.3 is 0 Å². The van der Waals surface area contributed by atoms with Crippen molar-refractivity contribution in [3.05, 3.63) is 94.8 Å². The van der Waals surface area contributed by atoms with Gasteiger partial charge in [-0.1, -0.05) is 43.3 Å². The smallest absolute Gasteiger partial charge is 0.261 e. The van der Waals surface area contributed by atoms with Crippen molar-refractivity contribution < 1.29 is 23.5 Å². The molecule has 1 atom stereocenters. The predicted molar refractivity (Wildman–Crippen MR) is 157 cm³/mol. The first kappa shape index (κ1) is 30.1. The minimum atomic E-state index is -0.545. The van der Waals surface area contributed by atoms with E-state index in [4.69, 9.17) is 9.47 Å². The minimum Gasteiger partial charge on any atom is -0.493 e. The van der Waals surface area contributed by atoms with E-state index in [1.165, 1.54) is 12.1 Å². The van der Waals surface area contributed by atoms with E-state index in [1.807, 2.05) is 55.5 Å². The molecule has 2 amide bonds. The summed E-state index contributed by atoms with van der Waals surface area (Å²) in [7, 11) is 0. The summed E-state index contributed by atoms with van der Waals surface area (Å²) in [5.41, 5.74) is 3.85. The van der Waals surface area contributed by atoms with Crippen LogP contribution in [0.5, 0.6) is 11.5 Å². The molecule has 0 radical (unpaired) electrons. The van der Waals surface area contributed by atoms with Gasteiger partial charge in [-0.3, -0.25) is 9.59 Å². The lowest BCUT2D eigenvalue weighted by Gasteiger charge is -2.30. The van der Waals surface area contributed by atoms with Crippen LogP contribution in [0.15, 0.2) is 66.7 Å². The summed E-state index contributed by atoms with van der Waals surface area (Å²) >= 11 is 0. The third-order valence-corrected chi connectivity index (χ3v) is 7.09. The number of aryl methyl sites for hydroxylation is 1. The molecule has 1 heterocycles. The molecule has 1 saturated heterocycles. The molecule has 7 nitrogen and oxygen atoms in total. The van der Waals surface area contributed by atoms with Gasteiger partial charge in [0.25, 0.3) is 5.91 Å². The summed E-state index contributed by atoms with van der Waals surface area (Å²) in [5.74, 6) is 0.799. The Hall–Kier alpha value is -3.91. The number of carbonyl (C=O) groups excluding carboxylic acids is 2. The van der Waals surface area contributed by atoms with E-state index in [1.54, 1.807) is 11.0 Å². The maximum Gasteiger partial charge on any atom is 0.261 e. The normalized spacial score (nSPS) is 15.1. The average Bonchev–Trinajstić information content (AvgIpc) is 3.19. The maximum atomic E-state index is 13.5. The number of carbonyl (C=O) groups is 2. The van der Waals surface area contributed by atoms with Crippen molar-refractivity contribution in [1.29, 1.82) is 0 Å². The first-order valence-corrected chi connectivity index (χ1v) is 14.4. The standard InChI is InChI=1S/C33H40FN3O4/c1-3-17-40-31-15-12-27(18-24(31)2)22-37(30-9-4-5-16-36-33(30)39)32(38)23-41-29-13-10-25(11-14-29)20-35-21-26-7-6-8-28(34)19-26/h6-8,10-15,18-19,30,35H,3-5,9,16-17,20-23H2,1-2H3,(H,36,39). The van der Waals surface area contributed by atoms with E-state index in [2.05, 4.69) is 17.6 Å². The molecule has 0 aromatic heterocycles. The van der Waals surface area contributed by atoms with Crippen LogP contribution in [0.2, 0.25) is 0 Å². The number of benzene rings is 3. The summed E-state index contributed by atoms with van der Waals surface area (Å²) in [5, 5.41) is 6.25. The van der Waals surface area contributed by atoms with Crippen molar-refractivity contribution in [3.63, 3.8) is 0 Å². The van der Waals surface area contributed by atoms with Gasteiger partial charge in [0.15, 0.2) is 6.61 Å². The van der Waals surface area contributed by atoms with Gasteiger partial charge < -0.3 is 25.0 Å². The third kappa shape index (κ3) is 9.05. The molecule has 41 heavy (non-hydrogen) atoms. The molecule has 3 aromatic rings. The zero-order chi connectivity index (χ0) is 29.0. The highest BCUT2D eigenvalue weighted by Gasteiger charge is 2.31. The molecule has 1 unspecified atom stereocenters. The lowest BCUT2D eigenvalue weighted by Crippen LogP contribution is -2.49. The molecule has 8 heteroatoms. The van der Waals surface area contributed by atoms with Crippen molar-refractivity contribution >= 4 is 11.8 Å². The van der Waals surface area contributed by atoms with Crippen molar-refractivity contribution in [2.45, 2.75) is 65.2 Å². The molecule has 1 aliphatic heterocycles. The lowest BCUT2D eigenvalue weighted by molar-refractivity contribution is -0.142. The Morgan fingerprint density at radius 1 is 1.00 bits per heavy atom. The molecule has 0 aliphatic carbocycles. The average molecular weight is 562 g/mol. The molecule has 1 aliphatic rings. The SMILES string of the molecule is CCCOc1ccc(CN(C(=O)COc2ccc(CNCc3cccc(F)c3)cc2)C2CCCCNC2=O)cc1C. The second-order valence-electron chi connectivity index (χ2n) is 10.4. The largest absolute Gasteiger partial charge is 0.493 e. The Bertz CT molecular complexity index is 1300. The van der Waals surface area contributed by atoms with E-state index in [9.17, 15) is 14.0 Å². The molecule has 1 fully saturated rings. The Kier molecular flexibility index (Phi) is 11.1. The van der Waals surface area contributed by atoms with Crippen LogP contribution in [0.4, 0.5) is 4.39 Å². The zero-order valence-electron chi connectivity index (χ0n) is 24.0. The maximum absolute atomic E-state index is 13.5. The molecule has 0 bridgehead atoms. The Balaban J connectivity index is 1.37. The number of nitrogens with zero attached hydrogens (tertiary/aromatic N) is 1. The number of amides is 2. The highest BCUT2D eigenvalue weighted by molar-refractivity contribution is 5.88. The molecule has 0 spiro atoms. The fraction of sp³-hybridized carbons (Fsp3) is 0.394. The lowest BCUT2D eigenvalue weighted by atomic mass is 10.1. The van der Waals surface area contributed by atoms with Crippen LogP contribution in [0.1, 0.15) is 54.9 Å². The first-order valence-electron chi connectivity index (χ1n) is 14.4. The van der Waals surface area contributed by atoms with Gasteiger partial charge in [-0.15, -0.1) is 0 Å². The number of rotatable bonds is 13. The molecule has 0 saturated carbocycles. The summed E-state index contributed by atoms with van der Waals surface area (Å²) in [6, 6.07) is 19.4. The van der Waals surface area contributed by atoms with Crippen molar-refractivity contribution in [1.82, 2.24) is 15.5 Å². The molecule has 3 aromatic carbocycles. The van der Waals surface area contributed by atoms with E-state index in [0.29, 0.717) is 45.0 Å². The van der Waals surface area contributed by atoms with Crippen LogP contribution in [0.3, 0.4) is 0 Å². The van der Waals surface area contributed by atoms with Crippen molar-refractivity contribution in [2.24, 2.45) is 0 Å². The number of hydrogen-bond donors (Lipinski definition) is 2. The van der Waals surface area contributed by atoms with Gasteiger partial charge in [-0.25, -0.2) is 4.39 Å². The second-order valence-corrected chi connectivity index (χ2v) is 10.4. The van der Waals surface area contributed by atoms with Gasteiger partial charge in [-0.2, -0.15) is 0 Å². The van der Waals surface area contributed by atoms with Crippen LogP contribution < -0.4 is 20.1 Å². The van der Waals surface area contributed by atoms with Crippen LogP contribution in [0.25, 0.3) is 0 Å². The van der Waals surface area contributed by atoms with Crippen molar-refractivity contribution in [3.8, 4) is 11.5 Å². The second kappa shape index (κ2) is 15.2. The van der Waals surface area contributed by atoms with Crippen LogP contribution in [0, 0.1) is 12.7 Å². The van der Waals surface area contributed by atoms with Gasteiger partial charge in [0.2, 0.25) is 5.91 Å². The van der Waals surface area contributed by atoms with Crippen LogP contribution >= 0.6 is 0 Å². The van der Waals surface area contributed by atoms with Gasteiger partial charge in [0.05, 0.1) is 6.61 Å². The topological polar surface area (TPSA) is 79.9 Å². The fourth-order valence-corrected chi connectivity index (χ4v) is 4.90. The van der Waals surface area contributed by atoms with E-state index >= 15 is 0 Å². The third-order valence-electron chi connectivity index (χ3n) is 7.09.